The Morgan fingerprint density at radius 3 is 2.53 bits per heavy atom. The fourth-order valence-corrected chi connectivity index (χ4v) is 2.56. The summed E-state index contributed by atoms with van der Waals surface area (Å²) in [6.45, 7) is 6.61. The first-order chi connectivity index (χ1) is 9.28. The van der Waals surface area contributed by atoms with E-state index in [0.29, 0.717) is 6.04 Å². The molecule has 1 unspecified atom stereocenters. The van der Waals surface area contributed by atoms with Gasteiger partial charge in [-0.1, -0.05) is 12.1 Å². The molecule has 1 atom stereocenters. The molecule has 1 saturated heterocycles. The van der Waals surface area contributed by atoms with Gasteiger partial charge in [-0.3, -0.25) is 4.90 Å². The molecule has 0 spiro atoms. The van der Waals surface area contributed by atoms with Gasteiger partial charge >= 0.3 is 0 Å². The number of ether oxygens (including phenoxy) is 1. The van der Waals surface area contributed by atoms with Crippen molar-refractivity contribution < 1.29 is 4.74 Å². The normalized spacial score (nSPS) is 17.6. The topological polar surface area (TPSA) is 24.5 Å². The van der Waals surface area contributed by atoms with Crippen molar-refractivity contribution >= 4 is 5.69 Å². The van der Waals surface area contributed by atoms with Crippen LogP contribution in [0, 0.1) is 0 Å². The molecule has 0 saturated carbocycles. The van der Waals surface area contributed by atoms with Crippen LogP contribution in [-0.4, -0.2) is 37.7 Å². The summed E-state index contributed by atoms with van der Waals surface area (Å²) in [5.74, 6) is 0. The molecule has 0 amide bonds. The maximum atomic E-state index is 5.10. The van der Waals surface area contributed by atoms with E-state index >= 15 is 0 Å². The van der Waals surface area contributed by atoms with Gasteiger partial charge < -0.3 is 10.1 Å². The fourth-order valence-electron chi connectivity index (χ4n) is 2.56. The Morgan fingerprint density at radius 2 is 1.89 bits per heavy atom. The number of methoxy groups -OCH3 is 1. The van der Waals surface area contributed by atoms with Crippen molar-refractivity contribution in [1.82, 2.24) is 4.90 Å². The molecule has 1 heterocycles. The van der Waals surface area contributed by atoms with Gasteiger partial charge in [-0.05, 0) is 57.0 Å². The molecular weight excluding hydrogens is 236 g/mol. The number of hydrogen-bond donors (Lipinski definition) is 1. The fraction of sp³-hybridized carbons (Fsp3) is 0.625. The average molecular weight is 262 g/mol. The monoisotopic (exact) mass is 262 g/mol. The zero-order valence-electron chi connectivity index (χ0n) is 12.2. The Morgan fingerprint density at radius 1 is 1.21 bits per heavy atom. The van der Waals surface area contributed by atoms with Gasteiger partial charge in [0.15, 0.2) is 0 Å². The molecule has 0 radical (unpaired) electrons. The summed E-state index contributed by atoms with van der Waals surface area (Å²) in [5.41, 5.74) is 2.62. The number of hydrogen-bond acceptors (Lipinski definition) is 3. The minimum atomic E-state index is 0.449. The van der Waals surface area contributed by atoms with Crippen LogP contribution in [-0.2, 0) is 11.3 Å². The molecule has 0 bridgehead atoms. The van der Waals surface area contributed by atoms with Crippen LogP contribution < -0.4 is 5.32 Å². The lowest BCUT2D eigenvalue weighted by atomic mass is 10.1. The molecule has 1 aromatic carbocycles. The van der Waals surface area contributed by atoms with Crippen LogP contribution in [0.2, 0.25) is 0 Å². The van der Waals surface area contributed by atoms with Crippen LogP contribution >= 0.6 is 0 Å². The van der Waals surface area contributed by atoms with Crippen molar-refractivity contribution in [2.24, 2.45) is 0 Å². The third-order valence-electron chi connectivity index (χ3n) is 3.73. The number of benzene rings is 1. The van der Waals surface area contributed by atoms with Gasteiger partial charge in [0.2, 0.25) is 0 Å². The van der Waals surface area contributed by atoms with Gasteiger partial charge in [0.25, 0.3) is 0 Å². The van der Waals surface area contributed by atoms with Crippen LogP contribution in [0.3, 0.4) is 0 Å². The largest absolute Gasteiger partial charge is 0.385 e. The molecule has 1 aliphatic heterocycles. The summed E-state index contributed by atoms with van der Waals surface area (Å²) in [6, 6.07) is 9.31. The maximum Gasteiger partial charge on any atom is 0.0481 e. The second-order valence-corrected chi connectivity index (χ2v) is 5.51. The SMILES string of the molecule is COCCC(C)Nc1ccc(CN2CCCC2)cc1. The highest BCUT2D eigenvalue weighted by atomic mass is 16.5. The van der Waals surface area contributed by atoms with Gasteiger partial charge in [-0.2, -0.15) is 0 Å². The van der Waals surface area contributed by atoms with Crippen molar-refractivity contribution in [3.63, 3.8) is 0 Å². The molecule has 1 aromatic rings. The summed E-state index contributed by atoms with van der Waals surface area (Å²) < 4.78 is 5.10. The number of nitrogens with one attached hydrogen (secondary N) is 1. The lowest BCUT2D eigenvalue weighted by Gasteiger charge is -2.17. The Labute approximate surface area is 116 Å². The molecule has 19 heavy (non-hydrogen) atoms. The number of nitrogens with zero attached hydrogens (tertiary/aromatic N) is 1. The number of rotatable bonds is 7. The Bertz CT molecular complexity index is 358. The van der Waals surface area contributed by atoms with E-state index in [0.717, 1.165) is 19.6 Å². The summed E-state index contributed by atoms with van der Waals surface area (Å²) >= 11 is 0. The molecular formula is C16H26N2O. The summed E-state index contributed by atoms with van der Waals surface area (Å²) in [6.07, 6.45) is 3.75. The zero-order valence-corrected chi connectivity index (χ0v) is 12.2. The van der Waals surface area contributed by atoms with Crippen molar-refractivity contribution in [3.05, 3.63) is 29.8 Å². The molecule has 1 N–H and O–H groups in total. The van der Waals surface area contributed by atoms with Crippen molar-refractivity contribution in [2.45, 2.75) is 38.8 Å². The second kappa shape index (κ2) is 7.51. The quantitative estimate of drug-likeness (QED) is 0.817. The van der Waals surface area contributed by atoms with E-state index in [1.165, 1.54) is 37.2 Å². The minimum Gasteiger partial charge on any atom is -0.385 e. The molecule has 2 rings (SSSR count). The van der Waals surface area contributed by atoms with Crippen molar-refractivity contribution in [2.75, 3.05) is 32.1 Å². The van der Waals surface area contributed by atoms with E-state index in [2.05, 4.69) is 41.4 Å². The highest BCUT2D eigenvalue weighted by molar-refractivity contribution is 5.45. The maximum absolute atomic E-state index is 5.10. The number of likely N-dealkylation sites (tertiary alicyclic amines) is 1. The molecule has 1 fully saturated rings. The van der Waals surface area contributed by atoms with Crippen LogP contribution in [0.4, 0.5) is 5.69 Å². The highest BCUT2D eigenvalue weighted by Gasteiger charge is 2.11. The van der Waals surface area contributed by atoms with E-state index in [-0.39, 0.29) is 0 Å². The van der Waals surface area contributed by atoms with E-state index < -0.39 is 0 Å². The Balaban J connectivity index is 1.80. The minimum absolute atomic E-state index is 0.449. The lowest BCUT2D eigenvalue weighted by Crippen LogP contribution is -2.19. The Hall–Kier alpha value is -1.06. The molecule has 1 aliphatic rings. The smallest absolute Gasteiger partial charge is 0.0481 e. The molecule has 0 aliphatic carbocycles. The predicted octanol–water partition coefficient (Wildman–Crippen LogP) is 3.12. The first-order valence-corrected chi connectivity index (χ1v) is 7.34. The van der Waals surface area contributed by atoms with Crippen LogP contribution in [0.1, 0.15) is 31.7 Å². The zero-order chi connectivity index (χ0) is 13.5. The van der Waals surface area contributed by atoms with E-state index in [1.807, 2.05) is 0 Å². The summed E-state index contributed by atoms with van der Waals surface area (Å²) in [4.78, 5) is 2.53. The third-order valence-corrected chi connectivity index (χ3v) is 3.73. The first-order valence-electron chi connectivity index (χ1n) is 7.34. The molecule has 3 heteroatoms. The number of anilines is 1. The van der Waals surface area contributed by atoms with E-state index in [1.54, 1.807) is 7.11 Å². The lowest BCUT2D eigenvalue weighted by molar-refractivity contribution is 0.191. The average Bonchev–Trinajstić information content (AvgIpc) is 2.91. The van der Waals surface area contributed by atoms with Crippen LogP contribution in [0.5, 0.6) is 0 Å². The third kappa shape index (κ3) is 4.84. The molecule has 106 valence electrons. The van der Waals surface area contributed by atoms with Gasteiger partial charge in [0, 0.05) is 32.0 Å². The predicted molar refractivity (Wildman–Crippen MR) is 80.5 cm³/mol. The van der Waals surface area contributed by atoms with Crippen molar-refractivity contribution in [1.29, 1.82) is 0 Å². The second-order valence-electron chi connectivity index (χ2n) is 5.51. The molecule has 0 aromatic heterocycles. The van der Waals surface area contributed by atoms with Gasteiger partial charge in [0.1, 0.15) is 0 Å². The van der Waals surface area contributed by atoms with E-state index in [9.17, 15) is 0 Å². The first kappa shape index (κ1) is 14.4. The van der Waals surface area contributed by atoms with Gasteiger partial charge in [-0.15, -0.1) is 0 Å². The van der Waals surface area contributed by atoms with Crippen molar-refractivity contribution in [3.8, 4) is 0 Å². The van der Waals surface area contributed by atoms with Crippen LogP contribution in [0.25, 0.3) is 0 Å². The molecule has 3 nitrogen and oxygen atoms in total. The summed E-state index contributed by atoms with van der Waals surface area (Å²) in [5, 5.41) is 3.50. The van der Waals surface area contributed by atoms with E-state index in [4.69, 9.17) is 4.74 Å². The van der Waals surface area contributed by atoms with Crippen LogP contribution in [0.15, 0.2) is 24.3 Å². The highest BCUT2D eigenvalue weighted by Crippen LogP contribution is 2.16. The standard InChI is InChI=1S/C16H26N2O/c1-14(9-12-19-2)17-16-7-5-15(6-8-16)13-18-10-3-4-11-18/h5-8,14,17H,3-4,9-13H2,1-2H3. The summed E-state index contributed by atoms with van der Waals surface area (Å²) in [7, 11) is 1.75. The van der Waals surface area contributed by atoms with Gasteiger partial charge in [0.05, 0.1) is 0 Å². The van der Waals surface area contributed by atoms with Gasteiger partial charge in [-0.25, -0.2) is 0 Å². The Kier molecular flexibility index (Phi) is 5.67.